The fraction of sp³-hybridized carbons (Fsp3) is 0.538. The Morgan fingerprint density at radius 2 is 2.10 bits per heavy atom. The predicted molar refractivity (Wildman–Crippen MR) is 72.3 cm³/mol. The Hall–Kier alpha value is -1.83. The van der Waals surface area contributed by atoms with Gasteiger partial charge in [0, 0.05) is 43.6 Å². The molecule has 2 aromatic rings. The molecule has 2 aromatic heterocycles. The van der Waals surface area contributed by atoms with Gasteiger partial charge in [0.25, 0.3) is 0 Å². The van der Waals surface area contributed by atoms with Crippen molar-refractivity contribution >= 4 is 11.3 Å². The second kappa shape index (κ2) is 4.59. The highest BCUT2D eigenvalue weighted by molar-refractivity contribution is 5.70. The van der Waals surface area contributed by atoms with E-state index in [-0.39, 0.29) is 5.54 Å². The Labute approximate surface area is 119 Å². The first-order valence-electron chi connectivity index (χ1n) is 6.69. The molecule has 0 amide bonds. The normalized spacial score (nSPS) is 19.2. The third kappa shape index (κ3) is 2.44. The van der Waals surface area contributed by atoms with Crippen molar-refractivity contribution in [2.75, 3.05) is 24.5 Å². The van der Waals surface area contributed by atoms with Crippen LogP contribution in [0, 0.1) is 0 Å². The van der Waals surface area contributed by atoms with Crippen LogP contribution in [-0.4, -0.2) is 39.8 Å². The number of aromatic nitrogens is 3. The quantitative estimate of drug-likeness (QED) is 0.874. The number of piperazine rings is 1. The zero-order valence-electron chi connectivity index (χ0n) is 11.8. The van der Waals surface area contributed by atoms with Gasteiger partial charge < -0.3 is 10.2 Å². The van der Waals surface area contributed by atoms with Gasteiger partial charge in [0.1, 0.15) is 5.52 Å². The molecule has 8 heteroatoms. The van der Waals surface area contributed by atoms with E-state index in [1.807, 2.05) is 18.7 Å². The van der Waals surface area contributed by atoms with Crippen molar-refractivity contribution < 1.29 is 13.2 Å². The number of alkyl halides is 3. The van der Waals surface area contributed by atoms with Crippen molar-refractivity contribution in [2.45, 2.75) is 25.6 Å². The number of rotatable bonds is 1. The SMILES string of the molecule is CC1(C)CNCCN1c1nccn2nc(C(F)(F)F)cc12. The molecule has 21 heavy (non-hydrogen) atoms. The number of halogens is 3. The van der Waals surface area contributed by atoms with Crippen LogP contribution in [0.3, 0.4) is 0 Å². The first-order valence-corrected chi connectivity index (χ1v) is 6.69. The van der Waals surface area contributed by atoms with E-state index in [4.69, 9.17) is 0 Å². The molecule has 0 saturated carbocycles. The minimum atomic E-state index is -4.46. The summed E-state index contributed by atoms with van der Waals surface area (Å²) >= 11 is 0. The molecular formula is C13H16F3N5. The van der Waals surface area contributed by atoms with Crippen molar-refractivity contribution in [2.24, 2.45) is 0 Å². The Balaban J connectivity index is 2.12. The van der Waals surface area contributed by atoms with Crippen LogP contribution in [0.25, 0.3) is 5.52 Å². The van der Waals surface area contributed by atoms with E-state index in [1.54, 1.807) is 0 Å². The number of fused-ring (bicyclic) bond motifs is 1. The monoisotopic (exact) mass is 299 g/mol. The Bertz CT molecular complexity index is 661. The van der Waals surface area contributed by atoms with Crippen LogP contribution in [-0.2, 0) is 6.18 Å². The maximum Gasteiger partial charge on any atom is 0.435 e. The molecule has 0 aromatic carbocycles. The lowest BCUT2D eigenvalue weighted by Crippen LogP contribution is -2.58. The van der Waals surface area contributed by atoms with Crippen molar-refractivity contribution in [3.8, 4) is 0 Å². The van der Waals surface area contributed by atoms with Crippen molar-refractivity contribution in [3.05, 3.63) is 24.2 Å². The summed E-state index contributed by atoms with van der Waals surface area (Å²) in [4.78, 5) is 6.32. The topological polar surface area (TPSA) is 45.5 Å². The van der Waals surface area contributed by atoms with E-state index in [2.05, 4.69) is 15.4 Å². The predicted octanol–water partition coefficient (Wildman–Crippen LogP) is 1.94. The summed E-state index contributed by atoms with van der Waals surface area (Å²) in [6.45, 7) is 6.27. The molecule has 0 bridgehead atoms. The molecule has 1 saturated heterocycles. The molecule has 0 spiro atoms. The largest absolute Gasteiger partial charge is 0.435 e. The van der Waals surface area contributed by atoms with Crippen LogP contribution >= 0.6 is 0 Å². The van der Waals surface area contributed by atoms with Gasteiger partial charge in [-0.3, -0.25) is 0 Å². The Kier molecular flexibility index (Phi) is 3.09. The average molecular weight is 299 g/mol. The summed E-state index contributed by atoms with van der Waals surface area (Å²) < 4.78 is 39.7. The molecule has 3 heterocycles. The summed E-state index contributed by atoms with van der Waals surface area (Å²) in [7, 11) is 0. The van der Waals surface area contributed by atoms with E-state index in [1.165, 1.54) is 16.9 Å². The van der Waals surface area contributed by atoms with E-state index < -0.39 is 11.9 Å². The Morgan fingerprint density at radius 3 is 2.76 bits per heavy atom. The van der Waals surface area contributed by atoms with Crippen LogP contribution in [0.2, 0.25) is 0 Å². The molecule has 1 fully saturated rings. The van der Waals surface area contributed by atoms with E-state index in [0.717, 1.165) is 19.2 Å². The highest BCUT2D eigenvalue weighted by atomic mass is 19.4. The number of hydrogen-bond donors (Lipinski definition) is 1. The zero-order valence-corrected chi connectivity index (χ0v) is 11.8. The molecule has 1 aliphatic heterocycles. The van der Waals surface area contributed by atoms with Gasteiger partial charge in [0.05, 0.1) is 0 Å². The fourth-order valence-electron chi connectivity index (χ4n) is 2.63. The van der Waals surface area contributed by atoms with Gasteiger partial charge in [0.15, 0.2) is 11.5 Å². The molecule has 1 N–H and O–H groups in total. The molecule has 0 radical (unpaired) electrons. The minimum absolute atomic E-state index is 0.226. The van der Waals surface area contributed by atoms with Crippen LogP contribution in [0.4, 0.5) is 19.0 Å². The second-order valence-corrected chi connectivity index (χ2v) is 5.75. The first-order chi connectivity index (χ1) is 9.79. The maximum atomic E-state index is 12.8. The lowest BCUT2D eigenvalue weighted by Gasteiger charge is -2.43. The fourth-order valence-corrected chi connectivity index (χ4v) is 2.63. The molecule has 0 aliphatic carbocycles. The molecule has 5 nitrogen and oxygen atoms in total. The summed E-state index contributed by atoms with van der Waals surface area (Å²) in [5, 5.41) is 6.88. The van der Waals surface area contributed by atoms with Gasteiger partial charge in [-0.25, -0.2) is 9.50 Å². The number of nitrogens with one attached hydrogen (secondary N) is 1. The lowest BCUT2D eigenvalue weighted by molar-refractivity contribution is -0.141. The standard InChI is InChI=1S/C13H16F3N5/c1-12(2)8-17-3-5-20(12)11-9-7-10(13(14,15)16)19-21(9)6-4-18-11/h4,6-7,17H,3,5,8H2,1-2H3. The summed E-state index contributed by atoms with van der Waals surface area (Å²) in [6.07, 6.45) is -1.54. The third-order valence-corrected chi connectivity index (χ3v) is 3.72. The smallest absolute Gasteiger partial charge is 0.347 e. The van der Waals surface area contributed by atoms with Gasteiger partial charge in [-0.05, 0) is 13.8 Å². The highest BCUT2D eigenvalue weighted by Crippen LogP contribution is 2.32. The molecule has 0 unspecified atom stereocenters. The Morgan fingerprint density at radius 1 is 1.33 bits per heavy atom. The average Bonchev–Trinajstić information content (AvgIpc) is 2.82. The molecule has 1 aliphatic rings. The van der Waals surface area contributed by atoms with Gasteiger partial charge in [-0.1, -0.05) is 0 Å². The lowest BCUT2D eigenvalue weighted by atomic mass is 10.00. The van der Waals surface area contributed by atoms with E-state index >= 15 is 0 Å². The van der Waals surface area contributed by atoms with Gasteiger partial charge in [0.2, 0.25) is 0 Å². The number of anilines is 1. The van der Waals surface area contributed by atoms with Crippen LogP contribution in [0.1, 0.15) is 19.5 Å². The van der Waals surface area contributed by atoms with Gasteiger partial charge in [-0.15, -0.1) is 0 Å². The molecule has 114 valence electrons. The van der Waals surface area contributed by atoms with E-state index in [9.17, 15) is 13.2 Å². The number of nitrogens with zero attached hydrogens (tertiary/aromatic N) is 4. The summed E-state index contributed by atoms with van der Waals surface area (Å²) in [5.41, 5.74) is -0.750. The van der Waals surface area contributed by atoms with Crippen LogP contribution < -0.4 is 10.2 Å². The number of hydrogen-bond acceptors (Lipinski definition) is 4. The maximum absolute atomic E-state index is 12.8. The van der Waals surface area contributed by atoms with Gasteiger partial charge in [-0.2, -0.15) is 18.3 Å². The van der Waals surface area contributed by atoms with Crippen molar-refractivity contribution in [1.29, 1.82) is 0 Å². The van der Waals surface area contributed by atoms with Crippen molar-refractivity contribution in [1.82, 2.24) is 19.9 Å². The van der Waals surface area contributed by atoms with Crippen LogP contribution in [0.5, 0.6) is 0 Å². The minimum Gasteiger partial charge on any atom is -0.347 e. The van der Waals surface area contributed by atoms with Crippen LogP contribution in [0.15, 0.2) is 18.5 Å². The van der Waals surface area contributed by atoms with Crippen molar-refractivity contribution in [3.63, 3.8) is 0 Å². The second-order valence-electron chi connectivity index (χ2n) is 5.75. The molecule has 3 rings (SSSR count). The summed E-state index contributed by atoms with van der Waals surface area (Å²) in [5.74, 6) is 0.534. The zero-order chi connectivity index (χ0) is 15.3. The molecule has 0 atom stereocenters. The third-order valence-electron chi connectivity index (χ3n) is 3.72. The highest BCUT2D eigenvalue weighted by Gasteiger charge is 2.36. The summed E-state index contributed by atoms with van der Waals surface area (Å²) in [6, 6.07) is 1.06. The van der Waals surface area contributed by atoms with E-state index in [0.29, 0.717) is 17.9 Å². The first kappa shape index (κ1) is 14.1. The molecular weight excluding hydrogens is 283 g/mol. The van der Waals surface area contributed by atoms with Gasteiger partial charge >= 0.3 is 6.18 Å².